The first-order valence-corrected chi connectivity index (χ1v) is 8.58. The van der Waals surface area contributed by atoms with Gasteiger partial charge >= 0.3 is 5.97 Å². The van der Waals surface area contributed by atoms with Gasteiger partial charge < -0.3 is 10.1 Å². The summed E-state index contributed by atoms with van der Waals surface area (Å²) in [6.45, 7) is 0. The Morgan fingerprint density at radius 3 is 2.78 bits per heavy atom. The van der Waals surface area contributed by atoms with Gasteiger partial charge in [0, 0.05) is 37.0 Å². The standard InChI is InChI=1S/C19H17N5O3/c25-17(6-7-18(26)27)24-16(11-15(23-24)13-5-2-8-20-13)12-3-1-4-14-19(12)22-10-9-21-14/h1-5,8-10,16,20H,6-7,11H2,(H,26,27)/t16-/m1/s1. The van der Waals surface area contributed by atoms with Crippen LogP contribution >= 0.6 is 0 Å². The average Bonchev–Trinajstić information content (AvgIpc) is 3.35. The lowest BCUT2D eigenvalue weighted by atomic mass is 9.99. The molecule has 1 aliphatic rings. The summed E-state index contributed by atoms with van der Waals surface area (Å²) in [5, 5.41) is 14.8. The number of carbonyl (C=O) groups excluding carboxylic acids is 1. The van der Waals surface area contributed by atoms with Crippen LogP contribution in [0, 0.1) is 0 Å². The monoisotopic (exact) mass is 363 g/mol. The van der Waals surface area contributed by atoms with Crippen LogP contribution in [0.25, 0.3) is 11.0 Å². The van der Waals surface area contributed by atoms with Gasteiger partial charge in [-0.05, 0) is 18.2 Å². The number of H-pyrrole nitrogens is 1. The Hall–Kier alpha value is -3.55. The predicted molar refractivity (Wildman–Crippen MR) is 97.9 cm³/mol. The number of nitrogens with one attached hydrogen (secondary N) is 1. The van der Waals surface area contributed by atoms with E-state index in [1.54, 1.807) is 18.6 Å². The maximum Gasteiger partial charge on any atom is 0.303 e. The fourth-order valence-corrected chi connectivity index (χ4v) is 3.27. The number of hydrogen-bond acceptors (Lipinski definition) is 5. The third kappa shape index (κ3) is 3.29. The molecule has 0 saturated heterocycles. The number of rotatable bonds is 5. The number of fused-ring (bicyclic) bond motifs is 1. The highest BCUT2D eigenvalue weighted by molar-refractivity contribution is 6.02. The predicted octanol–water partition coefficient (Wildman–Crippen LogP) is 2.50. The molecule has 136 valence electrons. The van der Waals surface area contributed by atoms with Crippen LogP contribution in [0.2, 0.25) is 0 Å². The smallest absolute Gasteiger partial charge is 0.303 e. The molecule has 1 aliphatic heterocycles. The van der Waals surface area contributed by atoms with Gasteiger partial charge in [-0.2, -0.15) is 5.10 Å². The molecule has 3 aromatic rings. The van der Waals surface area contributed by atoms with Gasteiger partial charge in [0.2, 0.25) is 5.91 Å². The summed E-state index contributed by atoms with van der Waals surface area (Å²) < 4.78 is 0. The van der Waals surface area contributed by atoms with E-state index in [4.69, 9.17) is 5.11 Å². The van der Waals surface area contributed by atoms with Crippen molar-refractivity contribution >= 4 is 28.6 Å². The molecule has 0 saturated carbocycles. The van der Waals surface area contributed by atoms with Crippen molar-refractivity contribution in [3.05, 3.63) is 60.2 Å². The lowest BCUT2D eigenvalue weighted by Crippen LogP contribution is -2.27. The van der Waals surface area contributed by atoms with Gasteiger partial charge in [-0.25, -0.2) is 5.01 Å². The molecule has 1 aromatic carbocycles. The zero-order valence-corrected chi connectivity index (χ0v) is 14.4. The first kappa shape index (κ1) is 16.9. The minimum atomic E-state index is -1.01. The summed E-state index contributed by atoms with van der Waals surface area (Å²) in [5.74, 6) is -1.34. The van der Waals surface area contributed by atoms with Gasteiger partial charge in [0.25, 0.3) is 0 Å². The Bertz CT molecular complexity index is 1020. The quantitative estimate of drug-likeness (QED) is 0.723. The molecule has 0 bridgehead atoms. The molecule has 8 nitrogen and oxygen atoms in total. The number of carboxylic acids is 1. The minimum absolute atomic E-state index is 0.107. The number of para-hydroxylation sites is 1. The second-order valence-corrected chi connectivity index (χ2v) is 6.25. The van der Waals surface area contributed by atoms with Crippen LogP contribution in [0.1, 0.15) is 36.6 Å². The zero-order valence-electron chi connectivity index (χ0n) is 14.4. The lowest BCUT2D eigenvalue weighted by molar-refractivity contribution is -0.141. The molecule has 4 rings (SSSR count). The van der Waals surface area contributed by atoms with Crippen molar-refractivity contribution in [3.63, 3.8) is 0 Å². The van der Waals surface area contributed by atoms with Crippen LogP contribution < -0.4 is 0 Å². The number of carboxylic acid groups (broad SMARTS) is 1. The fourth-order valence-electron chi connectivity index (χ4n) is 3.27. The van der Waals surface area contributed by atoms with Crippen molar-refractivity contribution in [2.24, 2.45) is 5.10 Å². The summed E-state index contributed by atoms with van der Waals surface area (Å²) in [6, 6.07) is 9.05. The van der Waals surface area contributed by atoms with Gasteiger partial charge in [-0.3, -0.25) is 19.6 Å². The maximum absolute atomic E-state index is 12.7. The molecular weight excluding hydrogens is 346 g/mol. The molecule has 0 spiro atoms. The summed E-state index contributed by atoms with van der Waals surface area (Å²) in [6.07, 6.45) is 5.20. The molecule has 0 fully saturated rings. The van der Waals surface area contributed by atoms with E-state index in [9.17, 15) is 9.59 Å². The SMILES string of the molecule is O=C(O)CCC(=O)N1N=C(c2ccc[nH]2)C[C@@H]1c1cccc2nccnc12. The van der Waals surface area contributed by atoms with E-state index in [-0.39, 0.29) is 24.8 Å². The lowest BCUT2D eigenvalue weighted by Gasteiger charge is -2.22. The fraction of sp³-hybridized carbons (Fsp3) is 0.211. The maximum atomic E-state index is 12.7. The van der Waals surface area contributed by atoms with Gasteiger partial charge in [0.1, 0.15) is 0 Å². The highest BCUT2D eigenvalue weighted by atomic mass is 16.4. The van der Waals surface area contributed by atoms with E-state index in [0.717, 1.165) is 22.5 Å². The highest BCUT2D eigenvalue weighted by Crippen LogP contribution is 2.35. The van der Waals surface area contributed by atoms with E-state index in [2.05, 4.69) is 20.1 Å². The first-order chi connectivity index (χ1) is 13.1. The zero-order chi connectivity index (χ0) is 18.8. The Morgan fingerprint density at radius 1 is 1.15 bits per heavy atom. The molecule has 2 N–H and O–H groups in total. The van der Waals surface area contributed by atoms with Gasteiger partial charge in [0.15, 0.2) is 0 Å². The molecule has 0 unspecified atom stereocenters. The van der Waals surface area contributed by atoms with Gasteiger partial charge in [-0.1, -0.05) is 12.1 Å². The third-order valence-corrected chi connectivity index (χ3v) is 4.52. The largest absolute Gasteiger partial charge is 0.481 e. The normalized spacial score (nSPS) is 16.5. The van der Waals surface area contributed by atoms with Crippen molar-refractivity contribution < 1.29 is 14.7 Å². The number of nitrogens with zero attached hydrogens (tertiary/aromatic N) is 4. The molecule has 2 aromatic heterocycles. The molecule has 8 heteroatoms. The number of benzene rings is 1. The Balaban J connectivity index is 1.73. The Labute approximate surface area is 154 Å². The van der Waals surface area contributed by atoms with Crippen LogP contribution in [0.3, 0.4) is 0 Å². The van der Waals surface area contributed by atoms with Gasteiger partial charge in [-0.15, -0.1) is 0 Å². The number of aromatic nitrogens is 3. The molecule has 27 heavy (non-hydrogen) atoms. The summed E-state index contributed by atoms with van der Waals surface area (Å²) in [5.41, 5.74) is 3.87. The molecule has 0 radical (unpaired) electrons. The van der Waals surface area contributed by atoms with Crippen LogP contribution in [0.5, 0.6) is 0 Å². The van der Waals surface area contributed by atoms with Crippen molar-refractivity contribution in [2.75, 3.05) is 0 Å². The summed E-state index contributed by atoms with van der Waals surface area (Å²) >= 11 is 0. The second-order valence-electron chi connectivity index (χ2n) is 6.25. The van der Waals surface area contributed by atoms with Crippen LogP contribution in [-0.2, 0) is 9.59 Å². The number of carbonyl (C=O) groups is 2. The molecule has 3 heterocycles. The van der Waals surface area contributed by atoms with E-state index in [0.29, 0.717) is 11.9 Å². The Kier molecular flexibility index (Phi) is 4.37. The van der Waals surface area contributed by atoms with Crippen molar-refractivity contribution in [1.82, 2.24) is 20.0 Å². The van der Waals surface area contributed by atoms with E-state index >= 15 is 0 Å². The van der Waals surface area contributed by atoms with E-state index < -0.39 is 5.97 Å². The Morgan fingerprint density at radius 2 is 2.00 bits per heavy atom. The average molecular weight is 363 g/mol. The van der Waals surface area contributed by atoms with Crippen molar-refractivity contribution in [3.8, 4) is 0 Å². The summed E-state index contributed by atoms with van der Waals surface area (Å²) in [4.78, 5) is 35.4. The minimum Gasteiger partial charge on any atom is -0.481 e. The number of hydrogen-bond donors (Lipinski definition) is 2. The van der Waals surface area contributed by atoms with Crippen molar-refractivity contribution in [1.29, 1.82) is 0 Å². The van der Waals surface area contributed by atoms with E-state index in [1.165, 1.54) is 5.01 Å². The third-order valence-electron chi connectivity index (χ3n) is 4.52. The molecular formula is C19H17N5O3. The van der Waals surface area contributed by atoms with Crippen molar-refractivity contribution in [2.45, 2.75) is 25.3 Å². The number of hydrazone groups is 1. The topological polar surface area (TPSA) is 112 Å². The molecule has 1 amide bonds. The van der Waals surface area contributed by atoms with Gasteiger partial charge in [0.05, 0.1) is 34.9 Å². The number of aromatic amines is 1. The van der Waals surface area contributed by atoms with E-state index in [1.807, 2.05) is 30.3 Å². The van der Waals surface area contributed by atoms with Crippen LogP contribution in [0.15, 0.2) is 54.0 Å². The second kappa shape index (κ2) is 6.99. The molecule has 1 atom stereocenters. The molecule has 0 aliphatic carbocycles. The summed E-state index contributed by atoms with van der Waals surface area (Å²) in [7, 11) is 0. The van der Waals surface area contributed by atoms with Crippen LogP contribution in [-0.4, -0.2) is 42.7 Å². The number of amides is 1. The number of aliphatic carboxylic acids is 1. The van der Waals surface area contributed by atoms with Crippen LogP contribution in [0.4, 0.5) is 0 Å². The highest BCUT2D eigenvalue weighted by Gasteiger charge is 2.34. The first-order valence-electron chi connectivity index (χ1n) is 8.58.